The van der Waals surface area contributed by atoms with Crippen molar-refractivity contribution >= 4 is 11.6 Å². The summed E-state index contributed by atoms with van der Waals surface area (Å²) in [6, 6.07) is 12.0. The van der Waals surface area contributed by atoms with E-state index in [1.807, 2.05) is 18.2 Å². The summed E-state index contributed by atoms with van der Waals surface area (Å²) in [7, 11) is 3.16. The average molecular weight is 400 g/mol. The average Bonchev–Trinajstić information content (AvgIpc) is 3.22. The van der Waals surface area contributed by atoms with Crippen molar-refractivity contribution in [3.05, 3.63) is 59.4 Å². The van der Waals surface area contributed by atoms with Crippen molar-refractivity contribution in [2.75, 3.05) is 20.8 Å². The van der Waals surface area contributed by atoms with Gasteiger partial charge in [0.15, 0.2) is 17.6 Å². The van der Waals surface area contributed by atoms with Crippen LogP contribution in [-0.2, 0) is 16.2 Å². The number of ether oxygens (including phenoxy) is 2. The predicted molar refractivity (Wildman–Crippen MR) is 108 cm³/mol. The third-order valence-corrected chi connectivity index (χ3v) is 4.85. The van der Waals surface area contributed by atoms with Gasteiger partial charge >= 0.3 is 0 Å². The molecule has 0 bridgehead atoms. The Bertz CT molecular complexity index is 900. The fourth-order valence-electron chi connectivity index (χ4n) is 3.27. The van der Waals surface area contributed by atoms with Gasteiger partial charge in [0.05, 0.1) is 26.5 Å². The van der Waals surface area contributed by atoms with E-state index in [0.717, 1.165) is 11.3 Å². The molecule has 1 heterocycles. The first-order valence-corrected chi connectivity index (χ1v) is 9.52. The van der Waals surface area contributed by atoms with Gasteiger partial charge in [0.25, 0.3) is 0 Å². The highest BCUT2D eigenvalue weighted by atomic mass is 19.1. The smallest absolute Gasteiger partial charge is 0.222 e. The van der Waals surface area contributed by atoms with Crippen LogP contribution >= 0.6 is 0 Å². The molecule has 1 aliphatic heterocycles. The minimum absolute atomic E-state index is 0.0589. The van der Waals surface area contributed by atoms with Crippen LogP contribution in [0.2, 0.25) is 0 Å². The first-order valence-electron chi connectivity index (χ1n) is 9.52. The van der Waals surface area contributed by atoms with Crippen LogP contribution in [0.25, 0.3) is 0 Å². The van der Waals surface area contributed by atoms with Crippen LogP contribution in [0.5, 0.6) is 11.5 Å². The first-order chi connectivity index (χ1) is 14.0. The number of oxime groups is 1. The summed E-state index contributed by atoms with van der Waals surface area (Å²) < 4.78 is 24.6. The highest BCUT2D eigenvalue weighted by Crippen LogP contribution is 2.29. The maximum absolute atomic E-state index is 14.0. The number of benzene rings is 2. The van der Waals surface area contributed by atoms with E-state index < -0.39 is 0 Å². The standard InChI is InChI=1S/C22H25FN2O4/c1-4-22(26)25(13-16-7-5-6-8-18(16)23)14-17-12-19(24-29-17)15-9-10-20(27-2)21(11-15)28-3/h5-11,17H,4,12-14H2,1-3H3/t17-/m0/s1. The molecule has 29 heavy (non-hydrogen) atoms. The molecule has 0 fully saturated rings. The number of carbonyl (C=O) groups is 1. The molecule has 0 saturated heterocycles. The van der Waals surface area contributed by atoms with E-state index in [9.17, 15) is 9.18 Å². The zero-order valence-electron chi connectivity index (χ0n) is 16.9. The van der Waals surface area contributed by atoms with E-state index in [1.54, 1.807) is 44.2 Å². The zero-order chi connectivity index (χ0) is 20.8. The van der Waals surface area contributed by atoms with E-state index in [-0.39, 0.29) is 24.4 Å². The number of nitrogens with zero attached hydrogens (tertiary/aromatic N) is 2. The normalized spacial score (nSPS) is 15.4. The molecule has 1 aliphatic rings. The van der Waals surface area contributed by atoms with Crippen molar-refractivity contribution < 1.29 is 23.5 Å². The summed E-state index contributed by atoms with van der Waals surface area (Å²) in [5.74, 6) is 0.864. The van der Waals surface area contributed by atoms with Gasteiger partial charge in [-0.25, -0.2) is 4.39 Å². The van der Waals surface area contributed by atoms with E-state index in [0.29, 0.717) is 36.4 Å². The molecule has 0 unspecified atom stereocenters. The number of methoxy groups -OCH3 is 2. The Morgan fingerprint density at radius 1 is 1.21 bits per heavy atom. The minimum Gasteiger partial charge on any atom is -0.493 e. The van der Waals surface area contributed by atoms with Crippen LogP contribution in [0.15, 0.2) is 47.6 Å². The summed E-state index contributed by atoms with van der Waals surface area (Å²) >= 11 is 0. The Morgan fingerprint density at radius 2 is 1.97 bits per heavy atom. The number of halogens is 1. The van der Waals surface area contributed by atoms with Crippen molar-refractivity contribution in [3.8, 4) is 11.5 Å². The fourth-order valence-corrected chi connectivity index (χ4v) is 3.27. The van der Waals surface area contributed by atoms with Gasteiger partial charge in [-0.05, 0) is 24.3 Å². The van der Waals surface area contributed by atoms with Gasteiger partial charge < -0.3 is 19.2 Å². The van der Waals surface area contributed by atoms with Crippen LogP contribution in [0.3, 0.4) is 0 Å². The summed E-state index contributed by atoms with van der Waals surface area (Å²) in [6.07, 6.45) is 0.588. The van der Waals surface area contributed by atoms with Crippen LogP contribution < -0.4 is 9.47 Å². The van der Waals surface area contributed by atoms with E-state index in [1.165, 1.54) is 6.07 Å². The second-order valence-electron chi connectivity index (χ2n) is 6.76. The van der Waals surface area contributed by atoms with Gasteiger partial charge in [-0.15, -0.1) is 0 Å². The minimum atomic E-state index is -0.323. The Labute approximate surface area is 169 Å². The maximum Gasteiger partial charge on any atom is 0.222 e. The van der Waals surface area contributed by atoms with E-state index in [2.05, 4.69) is 5.16 Å². The summed E-state index contributed by atoms with van der Waals surface area (Å²) in [4.78, 5) is 19.6. The maximum atomic E-state index is 14.0. The summed E-state index contributed by atoms with van der Waals surface area (Å²) in [6.45, 7) is 2.32. The number of carbonyl (C=O) groups excluding carboxylic acids is 1. The van der Waals surface area contributed by atoms with Gasteiger partial charge in [0, 0.05) is 30.5 Å². The molecule has 1 atom stereocenters. The zero-order valence-corrected chi connectivity index (χ0v) is 16.9. The molecule has 6 nitrogen and oxygen atoms in total. The Kier molecular flexibility index (Phi) is 6.69. The molecule has 0 radical (unpaired) electrons. The van der Waals surface area contributed by atoms with Crippen LogP contribution in [0, 0.1) is 5.82 Å². The summed E-state index contributed by atoms with van der Waals surface area (Å²) in [5, 5.41) is 4.19. The first kappa shape index (κ1) is 20.6. The molecular weight excluding hydrogens is 375 g/mol. The molecule has 0 aromatic heterocycles. The molecular formula is C22H25FN2O4. The van der Waals surface area contributed by atoms with Gasteiger partial charge in [-0.3, -0.25) is 4.79 Å². The molecule has 0 spiro atoms. The molecule has 7 heteroatoms. The Balaban J connectivity index is 1.69. The second-order valence-corrected chi connectivity index (χ2v) is 6.76. The highest BCUT2D eigenvalue weighted by molar-refractivity contribution is 6.01. The van der Waals surface area contributed by atoms with Crippen molar-refractivity contribution in [1.29, 1.82) is 0 Å². The van der Waals surface area contributed by atoms with Gasteiger partial charge in [0.2, 0.25) is 5.91 Å². The summed E-state index contributed by atoms with van der Waals surface area (Å²) in [5.41, 5.74) is 2.12. The third-order valence-electron chi connectivity index (χ3n) is 4.85. The third kappa shape index (κ3) is 4.85. The highest BCUT2D eigenvalue weighted by Gasteiger charge is 2.27. The van der Waals surface area contributed by atoms with Crippen molar-refractivity contribution in [2.24, 2.45) is 5.16 Å². The fraction of sp³-hybridized carbons (Fsp3) is 0.364. The molecule has 154 valence electrons. The van der Waals surface area contributed by atoms with Crippen molar-refractivity contribution in [2.45, 2.75) is 32.4 Å². The molecule has 0 saturated carbocycles. The van der Waals surface area contributed by atoms with Crippen LogP contribution in [0.4, 0.5) is 4.39 Å². The lowest BCUT2D eigenvalue weighted by Crippen LogP contribution is -2.37. The van der Waals surface area contributed by atoms with Crippen molar-refractivity contribution in [1.82, 2.24) is 4.90 Å². The number of hydrogen-bond donors (Lipinski definition) is 0. The van der Waals surface area contributed by atoms with E-state index in [4.69, 9.17) is 14.3 Å². The lowest BCUT2D eigenvalue weighted by molar-refractivity contribution is -0.133. The van der Waals surface area contributed by atoms with Crippen molar-refractivity contribution in [3.63, 3.8) is 0 Å². The molecule has 3 rings (SSSR count). The molecule has 2 aromatic rings. The largest absolute Gasteiger partial charge is 0.493 e. The SMILES string of the molecule is CCC(=O)N(Cc1ccccc1F)C[C@@H]1CC(c2ccc(OC)c(OC)c2)=NO1. The number of amides is 1. The van der Waals surface area contributed by atoms with Gasteiger partial charge in [-0.1, -0.05) is 30.3 Å². The molecule has 1 amide bonds. The van der Waals surface area contributed by atoms with Gasteiger partial charge in [-0.2, -0.15) is 0 Å². The van der Waals surface area contributed by atoms with Gasteiger partial charge in [0.1, 0.15) is 5.82 Å². The second kappa shape index (κ2) is 9.41. The lowest BCUT2D eigenvalue weighted by atomic mass is 10.0. The predicted octanol–water partition coefficient (Wildman–Crippen LogP) is 3.77. The molecule has 0 aliphatic carbocycles. The quantitative estimate of drug-likeness (QED) is 0.677. The lowest BCUT2D eigenvalue weighted by Gasteiger charge is -2.24. The molecule has 0 N–H and O–H groups in total. The monoisotopic (exact) mass is 400 g/mol. The van der Waals surface area contributed by atoms with Crippen LogP contribution in [0.1, 0.15) is 30.9 Å². The van der Waals surface area contributed by atoms with Crippen LogP contribution in [-0.4, -0.2) is 43.4 Å². The topological polar surface area (TPSA) is 60.4 Å². The number of hydrogen-bond acceptors (Lipinski definition) is 5. The molecule has 2 aromatic carbocycles. The number of rotatable bonds is 8. The van der Waals surface area contributed by atoms with E-state index >= 15 is 0 Å². The Hall–Kier alpha value is -3.09. The Morgan fingerprint density at radius 3 is 2.66 bits per heavy atom.